The second-order valence-electron chi connectivity index (χ2n) is 14.3. The number of phenols is 1. The molecule has 1 aliphatic heterocycles. The Morgan fingerprint density at radius 1 is 0.754 bits per heavy atom. The van der Waals surface area contributed by atoms with Crippen LogP contribution in [0.1, 0.15) is 42.4 Å². The van der Waals surface area contributed by atoms with Crippen molar-refractivity contribution in [3.05, 3.63) is 102 Å². The number of H-pyrrole nitrogens is 2. The third-order valence-corrected chi connectivity index (χ3v) is 10.3. The Bertz CT molecular complexity index is 2270. The number of fused-ring (bicyclic) bond motifs is 2. The topological polar surface area (TPSA) is 266 Å². The molecule has 0 spiro atoms. The summed E-state index contributed by atoms with van der Waals surface area (Å²) in [5, 5.41) is 29.4. The largest absolute Gasteiger partial charge is 0.508 e. The van der Waals surface area contributed by atoms with Crippen molar-refractivity contribution in [2.45, 2.75) is 75.2 Å². The fraction of sp³-hybridized carbons (Fsp3) is 0.317. The maximum absolute atomic E-state index is 14.5. The number of nitrogens with zero attached hydrogens (tertiary/aromatic N) is 1. The number of phenolic OH excluding ortho intramolecular Hbond substituents is 1. The molecule has 2 aromatic heterocycles. The van der Waals surface area contributed by atoms with Crippen LogP contribution in [0.15, 0.2) is 85.2 Å². The number of carbonyl (C=O) groups is 6. The van der Waals surface area contributed by atoms with E-state index in [9.17, 15) is 39.0 Å². The number of carboxylic acid groups (broad SMARTS) is 1. The lowest BCUT2D eigenvalue weighted by Crippen LogP contribution is -2.59. The first-order chi connectivity index (χ1) is 27.4. The molecule has 298 valence electrons. The van der Waals surface area contributed by atoms with Gasteiger partial charge in [0.25, 0.3) is 0 Å². The van der Waals surface area contributed by atoms with E-state index in [1.807, 2.05) is 48.5 Å². The first kappa shape index (κ1) is 40.0. The average Bonchev–Trinajstić information content (AvgIpc) is 3.95. The number of carboxylic acids is 1. The first-order valence-electron chi connectivity index (χ1n) is 18.7. The van der Waals surface area contributed by atoms with Gasteiger partial charge in [-0.05, 0) is 66.6 Å². The molecule has 16 heteroatoms. The summed E-state index contributed by atoms with van der Waals surface area (Å²) < 4.78 is 0. The molecule has 3 aromatic carbocycles. The molecule has 3 heterocycles. The maximum atomic E-state index is 14.5. The molecule has 6 rings (SSSR count). The van der Waals surface area contributed by atoms with Gasteiger partial charge in [-0.25, -0.2) is 4.79 Å². The van der Waals surface area contributed by atoms with Gasteiger partial charge in [-0.3, -0.25) is 24.0 Å². The Kier molecular flexibility index (Phi) is 12.5. The fourth-order valence-electron chi connectivity index (χ4n) is 7.29. The zero-order valence-corrected chi connectivity index (χ0v) is 31.1. The van der Waals surface area contributed by atoms with Crippen molar-refractivity contribution in [1.82, 2.24) is 30.8 Å². The number of aromatic nitrogens is 2. The van der Waals surface area contributed by atoms with Crippen molar-refractivity contribution in [3.8, 4) is 5.75 Å². The number of primary amides is 1. The van der Waals surface area contributed by atoms with Crippen LogP contribution >= 0.6 is 0 Å². The van der Waals surface area contributed by atoms with Gasteiger partial charge in [-0.15, -0.1) is 0 Å². The molecular formula is C41H46N8O8. The molecule has 0 unspecified atom stereocenters. The van der Waals surface area contributed by atoms with Crippen LogP contribution in [0.3, 0.4) is 0 Å². The number of hydrogen-bond acceptors (Lipinski definition) is 8. The van der Waals surface area contributed by atoms with Crippen LogP contribution in [-0.2, 0) is 48.0 Å². The van der Waals surface area contributed by atoms with Gasteiger partial charge < -0.3 is 52.5 Å². The number of rotatable bonds is 17. The minimum absolute atomic E-state index is 0.00966. The zero-order chi connectivity index (χ0) is 40.6. The first-order valence-corrected chi connectivity index (χ1v) is 18.7. The number of nitrogens with two attached hydrogens (primary N) is 2. The Balaban J connectivity index is 1.25. The summed E-state index contributed by atoms with van der Waals surface area (Å²) in [4.78, 5) is 87.0. The van der Waals surface area contributed by atoms with Gasteiger partial charge in [-0.1, -0.05) is 48.5 Å². The molecule has 1 fully saturated rings. The summed E-state index contributed by atoms with van der Waals surface area (Å²) in [6.07, 6.45) is 3.88. The molecule has 0 saturated carbocycles. The Morgan fingerprint density at radius 2 is 1.35 bits per heavy atom. The van der Waals surface area contributed by atoms with Crippen molar-refractivity contribution in [2.24, 2.45) is 11.5 Å². The average molecular weight is 779 g/mol. The summed E-state index contributed by atoms with van der Waals surface area (Å²) in [6.45, 7) is 0.159. The highest BCUT2D eigenvalue weighted by molar-refractivity contribution is 5.97. The van der Waals surface area contributed by atoms with E-state index in [-0.39, 0.29) is 50.8 Å². The fourth-order valence-corrected chi connectivity index (χ4v) is 7.29. The third kappa shape index (κ3) is 9.77. The number of para-hydroxylation sites is 2. The van der Waals surface area contributed by atoms with Crippen LogP contribution < -0.4 is 27.4 Å². The number of aliphatic carboxylic acids is 1. The molecule has 57 heavy (non-hydrogen) atoms. The summed E-state index contributed by atoms with van der Waals surface area (Å²) in [5.41, 5.74) is 15.5. The van der Waals surface area contributed by atoms with E-state index >= 15 is 0 Å². The lowest BCUT2D eigenvalue weighted by molar-refractivity contribution is -0.145. The van der Waals surface area contributed by atoms with Crippen molar-refractivity contribution >= 4 is 57.3 Å². The number of amides is 5. The van der Waals surface area contributed by atoms with Crippen LogP contribution in [0, 0.1) is 0 Å². The van der Waals surface area contributed by atoms with Crippen LogP contribution in [0.5, 0.6) is 5.75 Å². The summed E-state index contributed by atoms with van der Waals surface area (Å²) in [7, 11) is 0. The standard InChI is InChI=1S/C41H46N8O8/c42-29(19-24-21-44-30-8-3-1-6-27(24)30)37(52)47-33(18-23-11-13-26(50)14-12-23)38(53)48-34(20-25-22-45-31-9-4-2-7-28(25)31)40(55)49-17-5-10-35(49)39(54)46-32(41(56)57)15-16-36(43)51/h1-4,6-9,11-14,21-22,29,32-35,44-45,50H,5,10,15-20,42H2,(H2,43,51)(H,46,54)(H,47,52)(H,48,53)(H,56,57)/t29-,32-,33-,34-,35-/m0/s1. The quantitative estimate of drug-likeness (QED) is 0.0661. The highest BCUT2D eigenvalue weighted by Gasteiger charge is 2.40. The molecule has 16 nitrogen and oxygen atoms in total. The molecule has 5 amide bonds. The van der Waals surface area contributed by atoms with E-state index in [0.29, 0.717) is 17.5 Å². The summed E-state index contributed by atoms with van der Waals surface area (Å²) in [6, 6.07) is 15.2. The zero-order valence-electron chi connectivity index (χ0n) is 31.1. The highest BCUT2D eigenvalue weighted by atomic mass is 16.4. The lowest BCUT2D eigenvalue weighted by Gasteiger charge is -2.30. The molecule has 0 bridgehead atoms. The molecule has 0 aliphatic carbocycles. The molecule has 5 aromatic rings. The van der Waals surface area contributed by atoms with E-state index in [1.54, 1.807) is 24.5 Å². The number of aromatic hydroxyl groups is 1. The van der Waals surface area contributed by atoms with Gasteiger partial charge in [0.2, 0.25) is 29.5 Å². The van der Waals surface area contributed by atoms with Gasteiger partial charge in [0.05, 0.1) is 6.04 Å². The minimum Gasteiger partial charge on any atom is -0.508 e. The van der Waals surface area contributed by atoms with Gasteiger partial charge in [0, 0.05) is 60.0 Å². The molecule has 5 atom stereocenters. The Labute approximate surface area is 327 Å². The number of hydrogen-bond donors (Lipinski definition) is 9. The Morgan fingerprint density at radius 3 is 1.96 bits per heavy atom. The molecule has 1 aliphatic rings. The van der Waals surface area contributed by atoms with Gasteiger partial charge in [0.1, 0.15) is 29.9 Å². The number of nitrogens with one attached hydrogen (secondary N) is 5. The number of carbonyl (C=O) groups excluding carboxylic acids is 5. The summed E-state index contributed by atoms with van der Waals surface area (Å²) >= 11 is 0. The van der Waals surface area contributed by atoms with E-state index < -0.39 is 65.7 Å². The smallest absolute Gasteiger partial charge is 0.326 e. The maximum Gasteiger partial charge on any atom is 0.326 e. The SMILES string of the molecule is NC(=O)CC[C@H](NC(=O)[C@@H]1CCCN1C(=O)[C@H](Cc1c[nH]c2ccccc12)NC(=O)[C@H](Cc1ccc(O)cc1)NC(=O)[C@@H](N)Cc1c[nH]c2ccccc12)C(=O)O. The second-order valence-corrected chi connectivity index (χ2v) is 14.3. The van der Waals surface area contributed by atoms with Crippen molar-refractivity contribution in [1.29, 1.82) is 0 Å². The van der Waals surface area contributed by atoms with Crippen LogP contribution in [0.2, 0.25) is 0 Å². The second kappa shape index (κ2) is 17.8. The van der Waals surface area contributed by atoms with Crippen LogP contribution in [-0.4, -0.2) is 97.3 Å². The van der Waals surface area contributed by atoms with E-state index in [1.165, 1.54) is 17.0 Å². The monoisotopic (exact) mass is 778 g/mol. The van der Waals surface area contributed by atoms with Crippen molar-refractivity contribution < 1.29 is 39.0 Å². The molecule has 0 radical (unpaired) electrons. The number of aromatic amines is 2. The molecule has 1 saturated heterocycles. The molecular weight excluding hydrogens is 732 g/mol. The summed E-state index contributed by atoms with van der Waals surface area (Å²) in [5.74, 6) is -4.64. The minimum atomic E-state index is -1.41. The van der Waals surface area contributed by atoms with Crippen molar-refractivity contribution in [3.63, 3.8) is 0 Å². The van der Waals surface area contributed by atoms with E-state index in [2.05, 4.69) is 25.9 Å². The van der Waals surface area contributed by atoms with Crippen LogP contribution in [0.4, 0.5) is 0 Å². The Hall–Kier alpha value is -6.68. The van der Waals surface area contributed by atoms with Gasteiger partial charge >= 0.3 is 5.97 Å². The lowest BCUT2D eigenvalue weighted by atomic mass is 10.0. The number of benzene rings is 3. The van der Waals surface area contributed by atoms with E-state index in [0.717, 1.165) is 27.4 Å². The van der Waals surface area contributed by atoms with Gasteiger partial charge in [-0.2, -0.15) is 0 Å². The predicted octanol–water partition coefficient (Wildman–Crippen LogP) is 1.51. The third-order valence-electron chi connectivity index (χ3n) is 10.3. The van der Waals surface area contributed by atoms with Crippen LogP contribution in [0.25, 0.3) is 21.8 Å². The van der Waals surface area contributed by atoms with Gasteiger partial charge in [0.15, 0.2) is 0 Å². The molecule has 11 N–H and O–H groups in total. The van der Waals surface area contributed by atoms with Crippen molar-refractivity contribution in [2.75, 3.05) is 6.54 Å². The normalized spacial score (nSPS) is 16.1. The van der Waals surface area contributed by atoms with E-state index in [4.69, 9.17) is 11.5 Å². The predicted molar refractivity (Wildman–Crippen MR) is 210 cm³/mol. The highest BCUT2D eigenvalue weighted by Crippen LogP contribution is 2.24. The number of likely N-dealkylation sites (tertiary alicyclic amines) is 1.